The Bertz CT molecular complexity index is 350. The standard InChI is InChI=1S/C16H28N2O2/c1-13(19)14-7-3-4-8-15(14)16(20)17(2)11-12-18-9-5-6-10-18/h14-15H,3-12H2,1-2H3/t14-,15-/m0/s1. The number of hydrogen-bond acceptors (Lipinski definition) is 3. The second kappa shape index (κ2) is 7.21. The highest BCUT2D eigenvalue weighted by Gasteiger charge is 2.35. The van der Waals surface area contributed by atoms with Crippen molar-refractivity contribution < 1.29 is 9.59 Å². The minimum atomic E-state index is -0.0650. The van der Waals surface area contributed by atoms with Gasteiger partial charge in [-0.25, -0.2) is 0 Å². The molecule has 0 N–H and O–H groups in total. The van der Waals surface area contributed by atoms with Gasteiger partial charge in [0, 0.05) is 32.0 Å². The van der Waals surface area contributed by atoms with E-state index in [1.165, 1.54) is 25.9 Å². The van der Waals surface area contributed by atoms with Gasteiger partial charge in [-0.1, -0.05) is 12.8 Å². The highest BCUT2D eigenvalue weighted by atomic mass is 16.2. The molecule has 2 atom stereocenters. The third kappa shape index (κ3) is 3.81. The molecule has 2 aliphatic rings. The fourth-order valence-corrected chi connectivity index (χ4v) is 3.60. The van der Waals surface area contributed by atoms with E-state index >= 15 is 0 Å². The quantitative estimate of drug-likeness (QED) is 0.772. The average Bonchev–Trinajstić information content (AvgIpc) is 2.97. The van der Waals surface area contributed by atoms with Crippen LogP contribution in [0.25, 0.3) is 0 Å². The Morgan fingerprint density at radius 1 is 1.05 bits per heavy atom. The van der Waals surface area contributed by atoms with Gasteiger partial charge in [0.15, 0.2) is 0 Å². The molecule has 1 aliphatic heterocycles. The number of likely N-dealkylation sites (tertiary alicyclic amines) is 1. The summed E-state index contributed by atoms with van der Waals surface area (Å²) in [5.41, 5.74) is 0. The van der Waals surface area contributed by atoms with Gasteiger partial charge in [0.1, 0.15) is 5.78 Å². The molecule has 1 aliphatic carbocycles. The van der Waals surface area contributed by atoms with E-state index in [-0.39, 0.29) is 23.5 Å². The second-order valence-corrected chi connectivity index (χ2v) is 6.42. The van der Waals surface area contributed by atoms with Crippen molar-refractivity contribution in [2.45, 2.75) is 45.4 Å². The summed E-state index contributed by atoms with van der Waals surface area (Å²) in [6, 6.07) is 0. The molecule has 4 heteroatoms. The SMILES string of the molecule is CC(=O)[C@@H]1CCCC[C@@H]1C(=O)N(C)CCN1CCCC1. The van der Waals surface area contributed by atoms with Crippen LogP contribution >= 0.6 is 0 Å². The Balaban J connectivity index is 1.85. The van der Waals surface area contributed by atoms with Crippen molar-refractivity contribution >= 4 is 11.7 Å². The monoisotopic (exact) mass is 280 g/mol. The van der Waals surface area contributed by atoms with E-state index in [2.05, 4.69) is 4.90 Å². The fourth-order valence-electron chi connectivity index (χ4n) is 3.60. The molecule has 1 saturated carbocycles. The van der Waals surface area contributed by atoms with E-state index in [4.69, 9.17) is 0 Å². The predicted octanol–water partition coefficient (Wildman–Crippen LogP) is 1.94. The van der Waals surface area contributed by atoms with Crippen LogP contribution in [0, 0.1) is 11.8 Å². The Morgan fingerprint density at radius 2 is 1.65 bits per heavy atom. The zero-order chi connectivity index (χ0) is 14.5. The largest absolute Gasteiger partial charge is 0.344 e. The Labute approximate surface area is 122 Å². The zero-order valence-corrected chi connectivity index (χ0v) is 12.9. The van der Waals surface area contributed by atoms with Gasteiger partial charge in [0.2, 0.25) is 5.91 Å². The van der Waals surface area contributed by atoms with Gasteiger partial charge in [-0.05, 0) is 45.7 Å². The summed E-state index contributed by atoms with van der Waals surface area (Å²) in [7, 11) is 1.89. The Morgan fingerprint density at radius 3 is 2.25 bits per heavy atom. The number of amides is 1. The van der Waals surface area contributed by atoms with E-state index in [1.807, 2.05) is 11.9 Å². The molecule has 0 bridgehead atoms. The lowest BCUT2D eigenvalue weighted by Gasteiger charge is -2.32. The Kier molecular flexibility index (Phi) is 5.58. The lowest BCUT2D eigenvalue weighted by atomic mass is 9.76. The predicted molar refractivity (Wildman–Crippen MR) is 79.4 cm³/mol. The molecule has 4 nitrogen and oxygen atoms in total. The van der Waals surface area contributed by atoms with Crippen molar-refractivity contribution in [3.63, 3.8) is 0 Å². The fraction of sp³-hybridized carbons (Fsp3) is 0.875. The van der Waals surface area contributed by atoms with Gasteiger partial charge in [0.05, 0.1) is 0 Å². The van der Waals surface area contributed by atoms with Crippen molar-refractivity contribution in [2.24, 2.45) is 11.8 Å². The summed E-state index contributed by atoms with van der Waals surface area (Å²) in [4.78, 5) is 28.6. The number of ketones is 1. The van der Waals surface area contributed by atoms with Crippen LogP contribution in [0.2, 0.25) is 0 Å². The van der Waals surface area contributed by atoms with E-state index in [1.54, 1.807) is 6.92 Å². The van der Waals surface area contributed by atoms with E-state index in [9.17, 15) is 9.59 Å². The first-order valence-corrected chi connectivity index (χ1v) is 8.07. The van der Waals surface area contributed by atoms with Crippen molar-refractivity contribution in [2.75, 3.05) is 33.2 Å². The number of nitrogens with zero attached hydrogens (tertiary/aromatic N) is 2. The van der Waals surface area contributed by atoms with Crippen LogP contribution in [0.1, 0.15) is 45.4 Å². The summed E-state index contributed by atoms with van der Waals surface area (Å²) in [5.74, 6) is 0.274. The summed E-state index contributed by atoms with van der Waals surface area (Å²) in [6.45, 7) is 5.74. The van der Waals surface area contributed by atoms with Crippen LogP contribution < -0.4 is 0 Å². The van der Waals surface area contributed by atoms with Gasteiger partial charge >= 0.3 is 0 Å². The highest BCUT2D eigenvalue weighted by Crippen LogP contribution is 2.31. The smallest absolute Gasteiger partial charge is 0.226 e. The Hall–Kier alpha value is -0.900. The van der Waals surface area contributed by atoms with Crippen LogP contribution in [-0.2, 0) is 9.59 Å². The van der Waals surface area contributed by atoms with E-state index in [0.29, 0.717) is 0 Å². The molecule has 1 heterocycles. The number of Topliss-reactive ketones (excluding diaryl/α,β-unsaturated/α-hetero) is 1. The molecule has 0 spiro atoms. The molecule has 0 unspecified atom stereocenters. The summed E-state index contributed by atoms with van der Waals surface area (Å²) >= 11 is 0. The number of likely N-dealkylation sites (N-methyl/N-ethyl adjacent to an activating group) is 1. The third-order valence-corrected chi connectivity index (χ3v) is 4.93. The van der Waals surface area contributed by atoms with Gasteiger partial charge in [-0.3, -0.25) is 9.59 Å². The summed E-state index contributed by atoms with van der Waals surface area (Å²) in [5, 5.41) is 0. The summed E-state index contributed by atoms with van der Waals surface area (Å²) < 4.78 is 0. The normalized spacial score (nSPS) is 27.5. The van der Waals surface area contributed by atoms with Crippen LogP contribution in [0.3, 0.4) is 0 Å². The number of carbonyl (C=O) groups excluding carboxylic acids is 2. The van der Waals surface area contributed by atoms with Gasteiger partial charge in [-0.15, -0.1) is 0 Å². The molecule has 0 radical (unpaired) electrons. The van der Waals surface area contributed by atoms with Crippen LogP contribution in [0.4, 0.5) is 0 Å². The van der Waals surface area contributed by atoms with E-state index in [0.717, 1.165) is 38.8 Å². The van der Waals surface area contributed by atoms with Gasteiger partial charge in [-0.2, -0.15) is 0 Å². The first-order valence-electron chi connectivity index (χ1n) is 8.07. The minimum Gasteiger partial charge on any atom is -0.344 e. The second-order valence-electron chi connectivity index (χ2n) is 6.42. The van der Waals surface area contributed by atoms with Crippen molar-refractivity contribution in [1.29, 1.82) is 0 Å². The molecule has 114 valence electrons. The third-order valence-electron chi connectivity index (χ3n) is 4.93. The first-order chi connectivity index (χ1) is 9.59. The first kappa shape index (κ1) is 15.5. The molecule has 1 saturated heterocycles. The average molecular weight is 280 g/mol. The molecule has 0 aromatic rings. The number of rotatable bonds is 5. The zero-order valence-electron chi connectivity index (χ0n) is 12.9. The van der Waals surface area contributed by atoms with Crippen molar-refractivity contribution in [1.82, 2.24) is 9.80 Å². The molecular formula is C16H28N2O2. The lowest BCUT2D eigenvalue weighted by Crippen LogP contribution is -2.42. The maximum atomic E-state index is 12.6. The highest BCUT2D eigenvalue weighted by molar-refractivity contribution is 5.87. The molecule has 0 aromatic heterocycles. The molecule has 1 amide bonds. The minimum absolute atomic E-state index is 0.0366. The maximum Gasteiger partial charge on any atom is 0.226 e. The molecule has 2 rings (SSSR count). The number of carbonyl (C=O) groups is 2. The maximum absolute atomic E-state index is 12.6. The van der Waals surface area contributed by atoms with Crippen molar-refractivity contribution in [3.05, 3.63) is 0 Å². The molecule has 2 fully saturated rings. The lowest BCUT2D eigenvalue weighted by molar-refractivity contribution is -0.141. The summed E-state index contributed by atoms with van der Waals surface area (Å²) in [6.07, 6.45) is 6.52. The van der Waals surface area contributed by atoms with Crippen LogP contribution in [0.15, 0.2) is 0 Å². The van der Waals surface area contributed by atoms with Crippen LogP contribution in [-0.4, -0.2) is 54.7 Å². The number of hydrogen-bond donors (Lipinski definition) is 0. The van der Waals surface area contributed by atoms with Gasteiger partial charge < -0.3 is 9.80 Å². The van der Waals surface area contributed by atoms with Crippen molar-refractivity contribution in [3.8, 4) is 0 Å². The molecule has 0 aromatic carbocycles. The topological polar surface area (TPSA) is 40.6 Å². The van der Waals surface area contributed by atoms with Crippen LogP contribution in [0.5, 0.6) is 0 Å². The van der Waals surface area contributed by atoms with E-state index < -0.39 is 0 Å². The molecular weight excluding hydrogens is 252 g/mol. The van der Waals surface area contributed by atoms with Gasteiger partial charge in [0.25, 0.3) is 0 Å². The molecule has 20 heavy (non-hydrogen) atoms.